The van der Waals surface area contributed by atoms with E-state index >= 15 is 0 Å². The SMILES string of the molecule is C/N=C(\C)C(F)(F)C(F)(F)F. The standard InChI is InChI=1S/C5H6F5N/c1-3(11-2)4(6,7)5(8,9)10/h1-2H3/b11-3+. The topological polar surface area (TPSA) is 12.4 Å². The molecule has 0 fully saturated rings. The highest BCUT2D eigenvalue weighted by Gasteiger charge is 2.59. The molecule has 0 aromatic heterocycles. The Morgan fingerprint density at radius 1 is 1.09 bits per heavy atom. The molecule has 0 aliphatic carbocycles. The van der Waals surface area contributed by atoms with Crippen LogP contribution in [0.5, 0.6) is 0 Å². The van der Waals surface area contributed by atoms with Gasteiger partial charge in [-0.3, -0.25) is 4.99 Å². The van der Waals surface area contributed by atoms with Crippen LogP contribution in [0.4, 0.5) is 22.0 Å². The highest BCUT2D eigenvalue weighted by molar-refractivity contribution is 5.89. The van der Waals surface area contributed by atoms with E-state index in [2.05, 4.69) is 4.99 Å². The Hall–Kier alpha value is -0.680. The first kappa shape index (κ1) is 10.3. The summed E-state index contributed by atoms with van der Waals surface area (Å²) in [4.78, 5) is 2.77. The maximum absolute atomic E-state index is 12.1. The second-order valence-corrected chi connectivity index (χ2v) is 1.88. The normalized spacial score (nSPS) is 15.4. The number of nitrogens with zero attached hydrogens (tertiary/aromatic N) is 1. The molecule has 0 saturated carbocycles. The van der Waals surface area contributed by atoms with Gasteiger partial charge in [0.1, 0.15) is 0 Å². The summed E-state index contributed by atoms with van der Waals surface area (Å²) in [5, 5.41) is 0. The first-order chi connectivity index (χ1) is 4.73. The molecule has 0 aromatic carbocycles. The first-order valence-corrected chi connectivity index (χ1v) is 2.62. The molecule has 6 heteroatoms. The molecule has 0 rings (SSSR count). The van der Waals surface area contributed by atoms with Crippen molar-refractivity contribution in [3.05, 3.63) is 0 Å². The molecule has 0 spiro atoms. The van der Waals surface area contributed by atoms with E-state index in [9.17, 15) is 22.0 Å². The molecular formula is C5H6F5N. The minimum absolute atomic E-state index is 0.632. The lowest BCUT2D eigenvalue weighted by molar-refractivity contribution is -0.249. The third-order valence-electron chi connectivity index (χ3n) is 1.15. The van der Waals surface area contributed by atoms with Crippen molar-refractivity contribution >= 4 is 5.71 Å². The van der Waals surface area contributed by atoms with Gasteiger partial charge in [0.25, 0.3) is 0 Å². The number of hydrogen-bond acceptors (Lipinski definition) is 1. The van der Waals surface area contributed by atoms with Crippen LogP contribution in [0.15, 0.2) is 4.99 Å². The third-order valence-corrected chi connectivity index (χ3v) is 1.15. The van der Waals surface area contributed by atoms with Gasteiger partial charge in [0.2, 0.25) is 0 Å². The second kappa shape index (κ2) is 2.75. The number of rotatable bonds is 1. The summed E-state index contributed by atoms with van der Waals surface area (Å²) in [6, 6.07) is 0. The Morgan fingerprint density at radius 3 is 1.55 bits per heavy atom. The molecule has 0 bridgehead atoms. The van der Waals surface area contributed by atoms with Gasteiger partial charge in [-0.2, -0.15) is 22.0 Å². The predicted octanol–water partition coefficient (Wildman–Crippen LogP) is 2.27. The Balaban J connectivity index is 4.74. The van der Waals surface area contributed by atoms with E-state index in [1.807, 2.05) is 0 Å². The molecule has 0 amide bonds. The van der Waals surface area contributed by atoms with Gasteiger partial charge in [-0.25, -0.2) is 0 Å². The third kappa shape index (κ3) is 1.87. The fourth-order valence-electron chi connectivity index (χ4n) is 0.346. The lowest BCUT2D eigenvalue weighted by Crippen LogP contribution is -2.42. The molecule has 0 N–H and O–H groups in total. The molecule has 1 nitrogen and oxygen atoms in total. The van der Waals surface area contributed by atoms with E-state index in [0.29, 0.717) is 6.92 Å². The van der Waals surface area contributed by atoms with Gasteiger partial charge in [-0.15, -0.1) is 0 Å². The van der Waals surface area contributed by atoms with E-state index in [1.165, 1.54) is 0 Å². The Labute approximate surface area is 59.9 Å². The van der Waals surface area contributed by atoms with Crippen molar-refractivity contribution in [1.29, 1.82) is 0 Å². The van der Waals surface area contributed by atoms with Crippen molar-refractivity contribution in [1.82, 2.24) is 0 Å². The fourth-order valence-corrected chi connectivity index (χ4v) is 0.346. The molecule has 0 aliphatic heterocycles. The zero-order valence-electron chi connectivity index (χ0n) is 5.84. The van der Waals surface area contributed by atoms with Crippen LogP contribution >= 0.6 is 0 Å². The summed E-state index contributed by atoms with van der Waals surface area (Å²) in [7, 11) is 0.884. The zero-order chi connectivity index (χ0) is 9.28. The maximum Gasteiger partial charge on any atom is 0.459 e. The van der Waals surface area contributed by atoms with Gasteiger partial charge < -0.3 is 0 Å². The van der Waals surface area contributed by atoms with Crippen LogP contribution in [0.1, 0.15) is 6.92 Å². The summed E-state index contributed by atoms with van der Waals surface area (Å²) >= 11 is 0. The van der Waals surface area contributed by atoms with Gasteiger partial charge in [0.15, 0.2) is 0 Å². The van der Waals surface area contributed by atoms with Gasteiger partial charge in [0, 0.05) is 7.05 Å². The Bertz CT molecular complexity index is 168. The lowest BCUT2D eigenvalue weighted by atomic mass is 10.2. The number of alkyl halides is 5. The molecule has 0 radical (unpaired) electrons. The fraction of sp³-hybridized carbons (Fsp3) is 0.800. The molecule has 0 heterocycles. The summed E-state index contributed by atoms with van der Waals surface area (Å²) in [5.74, 6) is -4.80. The molecule has 11 heavy (non-hydrogen) atoms. The number of aliphatic imine (C=N–C) groups is 1. The van der Waals surface area contributed by atoms with Crippen molar-refractivity contribution in [2.75, 3.05) is 7.05 Å². The first-order valence-electron chi connectivity index (χ1n) is 2.62. The van der Waals surface area contributed by atoms with Crippen molar-refractivity contribution in [3.63, 3.8) is 0 Å². The molecule has 66 valence electrons. The van der Waals surface area contributed by atoms with Gasteiger partial charge in [-0.1, -0.05) is 0 Å². The van der Waals surface area contributed by atoms with Crippen LogP contribution in [-0.4, -0.2) is 24.9 Å². The average molecular weight is 175 g/mol. The number of halogens is 5. The highest BCUT2D eigenvalue weighted by Crippen LogP contribution is 2.36. The molecule has 0 unspecified atom stereocenters. The molecule has 0 aliphatic rings. The molecule has 0 aromatic rings. The Morgan fingerprint density at radius 2 is 1.45 bits per heavy atom. The molecular weight excluding hydrogens is 169 g/mol. The highest BCUT2D eigenvalue weighted by atomic mass is 19.4. The van der Waals surface area contributed by atoms with Gasteiger partial charge >= 0.3 is 12.1 Å². The minimum Gasteiger partial charge on any atom is -0.291 e. The summed E-state index contributed by atoms with van der Waals surface area (Å²) in [6.07, 6.45) is -5.55. The largest absolute Gasteiger partial charge is 0.459 e. The van der Waals surface area contributed by atoms with Crippen LogP contribution in [0.2, 0.25) is 0 Å². The van der Waals surface area contributed by atoms with Crippen LogP contribution in [0, 0.1) is 0 Å². The smallest absolute Gasteiger partial charge is 0.291 e. The summed E-state index contributed by atoms with van der Waals surface area (Å²) in [5.41, 5.74) is -1.23. The minimum atomic E-state index is -5.55. The van der Waals surface area contributed by atoms with Crippen LogP contribution < -0.4 is 0 Å². The van der Waals surface area contributed by atoms with Gasteiger partial charge in [-0.05, 0) is 6.92 Å². The van der Waals surface area contributed by atoms with Crippen molar-refractivity contribution in [3.8, 4) is 0 Å². The van der Waals surface area contributed by atoms with E-state index in [1.54, 1.807) is 0 Å². The van der Waals surface area contributed by atoms with E-state index < -0.39 is 17.8 Å². The van der Waals surface area contributed by atoms with E-state index in [4.69, 9.17) is 0 Å². The average Bonchev–Trinajstić information content (AvgIpc) is 1.83. The van der Waals surface area contributed by atoms with Crippen LogP contribution in [-0.2, 0) is 0 Å². The van der Waals surface area contributed by atoms with E-state index in [0.717, 1.165) is 7.05 Å². The van der Waals surface area contributed by atoms with Crippen molar-refractivity contribution < 1.29 is 22.0 Å². The lowest BCUT2D eigenvalue weighted by Gasteiger charge is -2.18. The van der Waals surface area contributed by atoms with Crippen LogP contribution in [0.25, 0.3) is 0 Å². The quantitative estimate of drug-likeness (QED) is 0.428. The second-order valence-electron chi connectivity index (χ2n) is 1.88. The van der Waals surface area contributed by atoms with E-state index in [-0.39, 0.29) is 0 Å². The molecule has 0 atom stereocenters. The Kier molecular flexibility index (Phi) is 2.58. The zero-order valence-corrected chi connectivity index (χ0v) is 5.84. The predicted molar refractivity (Wildman–Crippen MR) is 30.0 cm³/mol. The van der Waals surface area contributed by atoms with Crippen molar-refractivity contribution in [2.45, 2.75) is 19.0 Å². The number of hydrogen-bond donors (Lipinski definition) is 0. The van der Waals surface area contributed by atoms with Crippen LogP contribution in [0.3, 0.4) is 0 Å². The maximum atomic E-state index is 12.1. The van der Waals surface area contributed by atoms with Crippen molar-refractivity contribution in [2.24, 2.45) is 4.99 Å². The monoisotopic (exact) mass is 175 g/mol. The summed E-state index contributed by atoms with van der Waals surface area (Å²) < 4.78 is 58.5. The summed E-state index contributed by atoms with van der Waals surface area (Å²) in [6.45, 7) is 0.632. The van der Waals surface area contributed by atoms with Gasteiger partial charge in [0.05, 0.1) is 5.71 Å². The molecule has 0 saturated heterocycles.